The Bertz CT molecular complexity index is 544. The Kier molecular flexibility index (Phi) is 8.05. The Balaban J connectivity index is 2.78. The number of amides is 2. The van der Waals surface area contributed by atoms with Crippen molar-refractivity contribution in [1.82, 2.24) is 10.6 Å². The molecule has 2 N–H and O–H groups in total. The molecule has 134 valence electrons. The summed E-state index contributed by atoms with van der Waals surface area (Å²) in [5.41, 5.74) is 0.975. The summed E-state index contributed by atoms with van der Waals surface area (Å²) in [6.45, 7) is 9.27. The number of hydrogen-bond acceptors (Lipinski definition) is 3. The van der Waals surface area contributed by atoms with E-state index in [0.717, 1.165) is 12.0 Å². The predicted octanol–water partition coefficient (Wildman–Crippen LogP) is 4.07. The summed E-state index contributed by atoms with van der Waals surface area (Å²) >= 11 is 5.91. The molecule has 0 saturated heterocycles. The van der Waals surface area contributed by atoms with Crippen LogP contribution < -0.4 is 10.6 Å². The van der Waals surface area contributed by atoms with Crippen molar-refractivity contribution in [2.45, 2.75) is 59.2 Å². The van der Waals surface area contributed by atoms with E-state index in [1.807, 2.05) is 32.9 Å². The highest BCUT2D eigenvalue weighted by molar-refractivity contribution is 6.30. The highest BCUT2D eigenvalue weighted by atomic mass is 35.5. The van der Waals surface area contributed by atoms with Gasteiger partial charge in [-0.25, -0.2) is 4.79 Å². The van der Waals surface area contributed by atoms with Crippen LogP contribution in [0.3, 0.4) is 0 Å². The van der Waals surface area contributed by atoms with Gasteiger partial charge < -0.3 is 15.4 Å². The van der Waals surface area contributed by atoms with Crippen LogP contribution in [0.15, 0.2) is 24.3 Å². The zero-order valence-electron chi connectivity index (χ0n) is 14.9. The van der Waals surface area contributed by atoms with Crippen LogP contribution in [0.4, 0.5) is 4.79 Å². The van der Waals surface area contributed by atoms with Gasteiger partial charge in [-0.15, -0.1) is 0 Å². The average Bonchev–Trinajstić information content (AvgIpc) is 2.50. The molecule has 0 aromatic heterocycles. The van der Waals surface area contributed by atoms with Gasteiger partial charge in [0.15, 0.2) is 0 Å². The first-order valence-corrected chi connectivity index (χ1v) is 8.65. The molecule has 1 aromatic rings. The van der Waals surface area contributed by atoms with E-state index < -0.39 is 12.1 Å². The first kappa shape index (κ1) is 20.3. The van der Waals surface area contributed by atoms with Gasteiger partial charge in [0.05, 0.1) is 12.1 Å². The smallest absolute Gasteiger partial charge is 0.408 e. The molecule has 0 radical (unpaired) electrons. The largest absolute Gasteiger partial charge is 0.447 e. The molecule has 0 heterocycles. The van der Waals surface area contributed by atoms with Crippen molar-refractivity contribution in [3.05, 3.63) is 34.9 Å². The number of halogens is 1. The summed E-state index contributed by atoms with van der Waals surface area (Å²) in [5, 5.41) is 6.28. The Morgan fingerprint density at radius 1 is 1.08 bits per heavy atom. The fraction of sp³-hybridized carbons (Fsp3) is 0.556. The second-order valence-corrected chi connectivity index (χ2v) is 6.78. The standard InChI is InChI=1S/C18H27ClN2O3/c1-6-15(13-7-9-14(19)10-8-13)20-17(22)16(11(2)3)21-18(23)24-12(4)5/h7-12,15-16H,6H2,1-5H3,(H,20,22)(H,21,23). The third kappa shape index (κ3) is 6.40. The van der Waals surface area contributed by atoms with Gasteiger partial charge in [-0.1, -0.05) is 44.5 Å². The summed E-state index contributed by atoms with van der Waals surface area (Å²) < 4.78 is 5.07. The maximum Gasteiger partial charge on any atom is 0.408 e. The van der Waals surface area contributed by atoms with Crippen LogP contribution in [0.2, 0.25) is 5.02 Å². The number of ether oxygens (including phenoxy) is 1. The van der Waals surface area contributed by atoms with E-state index in [0.29, 0.717) is 5.02 Å². The molecule has 0 spiro atoms. The van der Waals surface area contributed by atoms with Crippen LogP contribution in [0, 0.1) is 5.92 Å². The Morgan fingerprint density at radius 2 is 1.67 bits per heavy atom. The van der Waals surface area contributed by atoms with Crippen molar-refractivity contribution in [2.24, 2.45) is 5.92 Å². The van der Waals surface area contributed by atoms with Crippen LogP contribution in [-0.4, -0.2) is 24.1 Å². The number of carbonyl (C=O) groups is 2. The van der Waals surface area contributed by atoms with E-state index in [-0.39, 0.29) is 24.0 Å². The Morgan fingerprint density at radius 3 is 2.12 bits per heavy atom. The van der Waals surface area contributed by atoms with Crippen LogP contribution in [0.5, 0.6) is 0 Å². The third-order valence-electron chi connectivity index (χ3n) is 3.56. The van der Waals surface area contributed by atoms with Gasteiger partial charge in [0.1, 0.15) is 6.04 Å². The van der Waals surface area contributed by atoms with Gasteiger partial charge in [0.25, 0.3) is 0 Å². The lowest BCUT2D eigenvalue weighted by molar-refractivity contribution is -0.124. The molecule has 5 nitrogen and oxygen atoms in total. The van der Waals surface area contributed by atoms with Crippen molar-refractivity contribution in [2.75, 3.05) is 0 Å². The molecule has 0 aliphatic heterocycles. The maximum atomic E-state index is 12.6. The second-order valence-electron chi connectivity index (χ2n) is 6.34. The van der Waals surface area contributed by atoms with Crippen LogP contribution in [-0.2, 0) is 9.53 Å². The maximum absolute atomic E-state index is 12.6. The molecule has 2 unspecified atom stereocenters. The van der Waals surface area contributed by atoms with E-state index in [9.17, 15) is 9.59 Å². The third-order valence-corrected chi connectivity index (χ3v) is 3.81. The number of alkyl carbamates (subject to hydrolysis) is 1. The SMILES string of the molecule is CCC(NC(=O)C(NC(=O)OC(C)C)C(C)C)c1ccc(Cl)cc1. The van der Waals surface area contributed by atoms with E-state index >= 15 is 0 Å². The quantitative estimate of drug-likeness (QED) is 0.775. The van der Waals surface area contributed by atoms with Gasteiger partial charge in [-0.05, 0) is 43.9 Å². The molecule has 0 aliphatic rings. The Labute approximate surface area is 149 Å². The van der Waals surface area contributed by atoms with Crippen molar-refractivity contribution >= 4 is 23.6 Å². The summed E-state index contributed by atoms with van der Waals surface area (Å²) in [6.07, 6.45) is -0.0917. The number of rotatable bonds is 7. The van der Waals surface area contributed by atoms with E-state index in [1.54, 1.807) is 26.0 Å². The minimum absolute atomic E-state index is 0.0626. The molecule has 24 heavy (non-hydrogen) atoms. The molecule has 0 bridgehead atoms. The lowest BCUT2D eigenvalue weighted by Crippen LogP contribution is -2.50. The van der Waals surface area contributed by atoms with Gasteiger partial charge in [0, 0.05) is 5.02 Å². The van der Waals surface area contributed by atoms with Crippen LogP contribution in [0.1, 0.15) is 52.6 Å². The van der Waals surface area contributed by atoms with Crippen LogP contribution >= 0.6 is 11.6 Å². The lowest BCUT2D eigenvalue weighted by Gasteiger charge is -2.25. The van der Waals surface area contributed by atoms with Crippen molar-refractivity contribution in [1.29, 1.82) is 0 Å². The first-order valence-electron chi connectivity index (χ1n) is 8.27. The zero-order valence-corrected chi connectivity index (χ0v) is 15.7. The van der Waals surface area contributed by atoms with Gasteiger partial charge in [0.2, 0.25) is 5.91 Å². The minimum atomic E-state index is -0.655. The predicted molar refractivity (Wildman–Crippen MR) is 96.0 cm³/mol. The average molecular weight is 355 g/mol. The monoisotopic (exact) mass is 354 g/mol. The fourth-order valence-corrected chi connectivity index (χ4v) is 2.41. The van der Waals surface area contributed by atoms with Gasteiger partial charge in [-0.2, -0.15) is 0 Å². The van der Waals surface area contributed by atoms with E-state index in [4.69, 9.17) is 16.3 Å². The topological polar surface area (TPSA) is 67.4 Å². The first-order chi connectivity index (χ1) is 11.2. The fourth-order valence-electron chi connectivity index (χ4n) is 2.29. The van der Waals surface area contributed by atoms with Crippen molar-refractivity contribution < 1.29 is 14.3 Å². The zero-order chi connectivity index (χ0) is 18.3. The lowest BCUT2D eigenvalue weighted by atomic mass is 10.0. The normalized spacial score (nSPS) is 13.5. The number of hydrogen-bond donors (Lipinski definition) is 2. The van der Waals surface area contributed by atoms with E-state index in [1.165, 1.54) is 0 Å². The molecule has 2 amide bonds. The highest BCUT2D eigenvalue weighted by Gasteiger charge is 2.27. The van der Waals surface area contributed by atoms with Gasteiger partial charge in [-0.3, -0.25) is 4.79 Å². The molecule has 1 rings (SSSR count). The molecule has 6 heteroatoms. The van der Waals surface area contributed by atoms with Crippen molar-refractivity contribution in [3.8, 4) is 0 Å². The molecule has 2 atom stereocenters. The molecule has 0 aliphatic carbocycles. The molecular formula is C18H27ClN2O3. The summed E-state index contributed by atoms with van der Waals surface area (Å²) in [4.78, 5) is 24.4. The minimum Gasteiger partial charge on any atom is -0.447 e. The van der Waals surface area contributed by atoms with Gasteiger partial charge >= 0.3 is 6.09 Å². The van der Waals surface area contributed by atoms with E-state index in [2.05, 4.69) is 10.6 Å². The summed E-state index contributed by atoms with van der Waals surface area (Å²) in [7, 11) is 0. The Hall–Kier alpha value is -1.75. The summed E-state index contributed by atoms with van der Waals surface area (Å²) in [5.74, 6) is -0.292. The molecular weight excluding hydrogens is 328 g/mol. The van der Waals surface area contributed by atoms with Crippen molar-refractivity contribution in [3.63, 3.8) is 0 Å². The number of nitrogens with one attached hydrogen (secondary N) is 2. The second kappa shape index (κ2) is 9.52. The highest BCUT2D eigenvalue weighted by Crippen LogP contribution is 2.19. The number of benzene rings is 1. The number of carbonyl (C=O) groups excluding carboxylic acids is 2. The van der Waals surface area contributed by atoms with Crippen LogP contribution in [0.25, 0.3) is 0 Å². The summed E-state index contributed by atoms with van der Waals surface area (Å²) in [6, 6.07) is 6.58. The molecule has 1 aromatic carbocycles. The molecule has 0 fully saturated rings. The molecule has 0 saturated carbocycles.